The van der Waals surface area contributed by atoms with Crippen LogP contribution in [0.5, 0.6) is 0 Å². The lowest BCUT2D eigenvalue weighted by molar-refractivity contribution is -0.142. The van der Waals surface area contributed by atoms with Gasteiger partial charge in [0.2, 0.25) is 11.9 Å². The van der Waals surface area contributed by atoms with Gasteiger partial charge in [-0.3, -0.25) is 4.79 Å². The Balaban J connectivity index is 1.73. The van der Waals surface area contributed by atoms with Crippen molar-refractivity contribution in [2.24, 2.45) is 5.41 Å². The Morgan fingerprint density at radius 3 is 2.88 bits per heavy atom. The number of nitrogens with zero attached hydrogens (tertiary/aromatic N) is 4. The number of carbonyl (C=O) groups excluding carboxylic acids is 1. The number of hydrogen-bond acceptors (Lipinski definition) is 6. The van der Waals surface area contributed by atoms with E-state index in [0.717, 1.165) is 19.4 Å². The number of anilines is 1. The maximum atomic E-state index is 12.3. The van der Waals surface area contributed by atoms with Crippen molar-refractivity contribution >= 4 is 23.5 Å². The summed E-state index contributed by atoms with van der Waals surface area (Å²) in [6, 6.07) is 0. The van der Waals surface area contributed by atoms with E-state index in [1.807, 2.05) is 11.8 Å². The first-order valence-electron chi connectivity index (χ1n) is 8.80. The van der Waals surface area contributed by atoms with E-state index >= 15 is 0 Å². The topological polar surface area (TPSA) is 78.8 Å². The van der Waals surface area contributed by atoms with Gasteiger partial charge in [0.15, 0.2) is 0 Å². The van der Waals surface area contributed by atoms with Gasteiger partial charge in [-0.15, -0.1) is 0 Å². The predicted molar refractivity (Wildman–Crippen MR) is 94.6 cm³/mol. The van der Waals surface area contributed by atoms with E-state index in [1.54, 1.807) is 12.4 Å². The minimum atomic E-state index is -0.432. The fourth-order valence-electron chi connectivity index (χ4n) is 3.84. The highest BCUT2D eigenvalue weighted by atomic mass is 35.5. The number of aliphatic hydroxyl groups is 1. The summed E-state index contributed by atoms with van der Waals surface area (Å²) in [4.78, 5) is 24.9. The summed E-state index contributed by atoms with van der Waals surface area (Å²) >= 11 is 5.87. The van der Waals surface area contributed by atoms with Gasteiger partial charge in [0.25, 0.3) is 0 Å². The largest absolute Gasteiger partial charge is 0.392 e. The highest BCUT2D eigenvalue weighted by Gasteiger charge is 2.46. The Kier molecular flexibility index (Phi) is 5.76. The molecule has 0 unspecified atom stereocenters. The molecule has 1 N–H and O–H groups in total. The zero-order valence-electron chi connectivity index (χ0n) is 14.5. The number of piperidine rings is 2. The standard InChI is InChI=1S/C17H25ClN4O3/c1-2-25-10-15(24)21-6-3-5-17(11-21)12-22(7-4-14(17)23)16-19-8-13(18)9-20-16/h8-9,14,23H,2-7,10-12H2,1H3/t14-,17+/m1/s1. The summed E-state index contributed by atoms with van der Waals surface area (Å²) in [5, 5.41) is 11.2. The van der Waals surface area contributed by atoms with Gasteiger partial charge >= 0.3 is 0 Å². The molecular weight excluding hydrogens is 344 g/mol. The molecule has 1 aromatic rings. The maximum absolute atomic E-state index is 12.3. The molecule has 0 radical (unpaired) electrons. The molecule has 25 heavy (non-hydrogen) atoms. The van der Waals surface area contributed by atoms with E-state index < -0.39 is 6.10 Å². The zero-order chi connectivity index (χ0) is 17.9. The minimum absolute atomic E-state index is 0.00649. The van der Waals surface area contributed by atoms with Crippen LogP contribution in [0, 0.1) is 5.41 Å². The van der Waals surface area contributed by atoms with Crippen LogP contribution in [0.2, 0.25) is 5.02 Å². The van der Waals surface area contributed by atoms with Gasteiger partial charge in [-0.05, 0) is 26.2 Å². The molecule has 2 fully saturated rings. The molecule has 3 heterocycles. The molecule has 2 aliphatic rings. The van der Waals surface area contributed by atoms with E-state index in [2.05, 4.69) is 14.9 Å². The van der Waals surface area contributed by atoms with Gasteiger partial charge < -0.3 is 19.6 Å². The molecule has 1 amide bonds. The minimum Gasteiger partial charge on any atom is -0.392 e. The summed E-state index contributed by atoms with van der Waals surface area (Å²) < 4.78 is 5.26. The Morgan fingerprint density at radius 1 is 1.40 bits per heavy atom. The van der Waals surface area contributed by atoms with Crippen molar-refractivity contribution < 1.29 is 14.6 Å². The zero-order valence-corrected chi connectivity index (χ0v) is 15.3. The van der Waals surface area contributed by atoms with Crippen molar-refractivity contribution in [2.45, 2.75) is 32.3 Å². The molecule has 7 nitrogen and oxygen atoms in total. The average molecular weight is 369 g/mol. The van der Waals surface area contributed by atoms with Crippen molar-refractivity contribution in [1.82, 2.24) is 14.9 Å². The number of hydrogen-bond donors (Lipinski definition) is 1. The summed E-state index contributed by atoms with van der Waals surface area (Å²) in [5.41, 5.74) is -0.346. The second kappa shape index (κ2) is 7.85. The van der Waals surface area contributed by atoms with E-state index in [9.17, 15) is 9.90 Å². The molecule has 8 heteroatoms. The van der Waals surface area contributed by atoms with Crippen LogP contribution >= 0.6 is 11.6 Å². The fourth-order valence-corrected chi connectivity index (χ4v) is 3.94. The Labute approximate surface area is 152 Å². The van der Waals surface area contributed by atoms with Crippen molar-refractivity contribution in [1.29, 1.82) is 0 Å². The Hall–Kier alpha value is -1.44. The summed E-state index contributed by atoms with van der Waals surface area (Å²) in [5.74, 6) is 0.612. The van der Waals surface area contributed by atoms with Crippen molar-refractivity contribution in [3.8, 4) is 0 Å². The van der Waals surface area contributed by atoms with Crippen molar-refractivity contribution in [3.63, 3.8) is 0 Å². The number of likely N-dealkylation sites (tertiary alicyclic amines) is 1. The molecule has 1 spiro atoms. The van der Waals surface area contributed by atoms with E-state index in [-0.39, 0.29) is 17.9 Å². The highest BCUT2D eigenvalue weighted by molar-refractivity contribution is 6.30. The monoisotopic (exact) mass is 368 g/mol. The lowest BCUT2D eigenvalue weighted by atomic mass is 9.71. The number of aromatic nitrogens is 2. The van der Waals surface area contributed by atoms with Crippen LogP contribution in [0.3, 0.4) is 0 Å². The Morgan fingerprint density at radius 2 is 2.16 bits per heavy atom. The smallest absolute Gasteiger partial charge is 0.248 e. The number of aliphatic hydroxyl groups excluding tert-OH is 1. The van der Waals surface area contributed by atoms with Crippen LogP contribution in [0.25, 0.3) is 0 Å². The van der Waals surface area contributed by atoms with Crippen LogP contribution in [-0.2, 0) is 9.53 Å². The Bertz CT molecular complexity index is 600. The molecule has 2 saturated heterocycles. The third kappa shape index (κ3) is 4.04. The molecule has 0 aromatic carbocycles. The molecular formula is C17H25ClN4O3. The predicted octanol–water partition coefficient (Wildman–Crippen LogP) is 1.35. The lowest BCUT2D eigenvalue weighted by Crippen LogP contribution is -2.60. The lowest BCUT2D eigenvalue weighted by Gasteiger charge is -2.51. The second-order valence-electron chi connectivity index (χ2n) is 6.85. The van der Waals surface area contributed by atoms with Gasteiger partial charge in [-0.25, -0.2) is 9.97 Å². The summed E-state index contributed by atoms with van der Waals surface area (Å²) in [6.07, 6.45) is 5.14. The molecule has 2 aliphatic heterocycles. The molecule has 0 saturated carbocycles. The molecule has 2 atom stereocenters. The van der Waals surface area contributed by atoms with E-state index in [4.69, 9.17) is 16.3 Å². The number of rotatable bonds is 4. The summed E-state index contributed by atoms with van der Waals surface area (Å²) in [7, 11) is 0. The molecule has 0 aliphatic carbocycles. The second-order valence-corrected chi connectivity index (χ2v) is 7.28. The third-order valence-corrected chi connectivity index (χ3v) is 5.36. The van der Waals surface area contributed by atoms with E-state index in [0.29, 0.717) is 43.6 Å². The first kappa shape index (κ1) is 18.4. The van der Waals surface area contributed by atoms with Crippen LogP contribution in [0.1, 0.15) is 26.2 Å². The molecule has 138 valence electrons. The fraction of sp³-hybridized carbons (Fsp3) is 0.706. The van der Waals surface area contributed by atoms with Crippen molar-refractivity contribution in [2.75, 3.05) is 44.3 Å². The number of halogens is 1. The van der Waals surface area contributed by atoms with Crippen LogP contribution in [-0.4, -0.2) is 71.4 Å². The summed E-state index contributed by atoms with van der Waals surface area (Å²) in [6.45, 7) is 5.09. The molecule has 3 rings (SSSR count). The molecule has 1 aromatic heterocycles. The number of carbonyl (C=O) groups is 1. The van der Waals surface area contributed by atoms with Gasteiger partial charge in [-0.2, -0.15) is 0 Å². The maximum Gasteiger partial charge on any atom is 0.248 e. The SMILES string of the molecule is CCOCC(=O)N1CCC[C@]2(C1)CN(c1ncc(Cl)cn1)CC[C@H]2O. The number of ether oxygens (including phenoxy) is 1. The van der Waals surface area contributed by atoms with Crippen LogP contribution in [0.4, 0.5) is 5.95 Å². The van der Waals surface area contributed by atoms with E-state index in [1.165, 1.54) is 0 Å². The molecule has 0 bridgehead atoms. The van der Waals surface area contributed by atoms with Gasteiger partial charge in [0.1, 0.15) is 6.61 Å². The average Bonchev–Trinajstić information content (AvgIpc) is 2.63. The van der Waals surface area contributed by atoms with Gasteiger partial charge in [-0.1, -0.05) is 11.6 Å². The number of amides is 1. The third-order valence-electron chi connectivity index (χ3n) is 5.17. The van der Waals surface area contributed by atoms with Crippen LogP contribution in [0.15, 0.2) is 12.4 Å². The first-order chi connectivity index (χ1) is 12.0. The first-order valence-corrected chi connectivity index (χ1v) is 9.18. The highest BCUT2D eigenvalue weighted by Crippen LogP contribution is 2.39. The van der Waals surface area contributed by atoms with Gasteiger partial charge in [0, 0.05) is 38.2 Å². The quantitative estimate of drug-likeness (QED) is 0.864. The van der Waals surface area contributed by atoms with Gasteiger partial charge in [0.05, 0.1) is 23.5 Å². The van der Waals surface area contributed by atoms with Crippen LogP contribution < -0.4 is 4.90 Å². The normalized spacial score (nSPS) is 26.9. The van der Waals surface area contributed by atoms with Crippen molar-refractivity contribution in [3.05, 3.63) is 17.4 Å².